The van der Waals surface area contributed by atoms with E-state index in [-0.39, 0.29) is 18.2 Å². The van der Waals surface area contributed by atoms with Gasteiger partial charge in [0, 0.05) is 6.08 Å². The van der Waals surface area contributed by atoms with Crippen molar-refractivity contribution in [3.63, 3.8) is 0 Å². The normalized spacial score (nSPS) is 23.2. The van der Waals surface area contributed by atoms with E-state index >= 15 is 0 Å². The maximum Gasteiger partial charge on any atom is 0.331 e. The Hall–Kier alpha value is -0.830. The molecule has 0 unspecified atom stereocenters. The number of aliphatic hydroxyl groups excluding tert-OH is 1. The lowest BCUT2D eigenvalue weighted by Crippen LogP contribution is -2.12. The van der Waals surface area contributed by atoms with Gasteiger partial charge in [-0.1, -0.05) is 19.8 Å². The first-order valence-corrected chi connectivity index (χ1v) is 6.16. The minimum absolute atomic E-state index is 0.00156. The van der Waals surface area contributed by atoms with Crippen LogP contribution in [0, 0.1) is 5.92 Å². The maximum absolute atomic E-state index is 10.8. The fraction of sp³-hybridized carbons (Fsp3) is 0.769. The summed E-state index contributed by atoms with van der Waals surface area (Å²) in [6.45, 7) is 3.92. The largest absolute Gasteiger partial charge is 0.455 e. The van der Waals surface area contributed by atoms with Gasteiger partial charge in [-0.2, -0.15) is 0 Å². The van der Waals surface area contributed by atoms with Gasteiger partial charge in [0.25, 0.3) is 0 Å². The highest BCUT2D eigenvalue weighted by molar-refractivity contribution is 5.84. The summed E-state index contributed by atoms with van der Waals surface area (Å²) < 4.78 is 5.04. The third-order valence-electron chi connectivity index (χ3n) is 3.19. The topological polar surface area (TPSA) is 46.5 Å². The second-order valence-corrected chi connectivity index (χ2v) is 4.69. The highest BCUT2D eigenvalue weighted by Gasteiger charge is 2.15. The van der Waals surface area contributed by atoms with E-state index in [9.17, 15) is 9.90 Å². The van der Waals surface area contributed by atoms with Crippen LogP contribution in [0.4, 0.5) is 0 Å². The minimum atomic E-state index is -0.215. The number of hydrogen-bond donors (Lipinski definition) is 1. The van der Waals surface area contributed by atoms with Gasteiger partial charge in [-0.3, -0.25) is 0 Å². The molecule has 0 radical (unpaired) electrons. The van der Waals surface area contributed by atoms with Gasteiger partial charge in [0.1, 0.15) is 6.10 Å². The van der Waals surface area contributed by atoms with Gasteiger partial charge in [-0.25, -0.2) is 4.79 Å². The quantitative estimate of drug-likeness (QED) is 0.535. The van der Waals surface area contributed by atoms with Crippen molar-refractivity contribution in [2.24, 2.45) is 5.92 Å². The first-order valence-electron chi connectivity index (χ1n) is 6.16. The van der Waals surface area contributed by atoms with Crippen molar-refractivity contribution in [3.05, 3.63) is 12.2 Å². The molecule has 1 heterocycles. The van der Waals surface area contributed by atoms with Crippen molar-refractivity contribution in [2.45, 2.75) is 58.2 Å². The van der Waals surface area contributed by atoms with Crippen LogP contribution in [-0.4, -0.2) is 23.3 Å². The highest BCUT2D eigenvalue weighted by atomic mass is 16.5. The number of ether oxygens (including phenoxy) is 1. The third-order valence-corrected chi connectivity index (χ3v) is 3.19. The van der Waals surface area contributed by atoms with Gasteiger partial charge in [0.05, 0.1) is 6.10 Å². The van der Waals surface area contributed by atoms with Crippen molar-refractivity contribution in [1.29, 1.82) is 0 Å². The molecule has 0 aliphatic carbocycles. The molecule has 1 aliphatic rings. The zero-order valence-electron chi connectivity index (χ0n) is 10.2. The number of carbonyl (C=O) groups excluding carboxylic acids is 1. The van der Waals surface area contributed by atoms with Crippen molar-refractivity contribution in [1.82, 2.24) is 0 Å². The summed E-state index contributed by atoms with van der Waals surface area (Å²) in [7, 11) is 0. The number of aliphatic hydroxyl groups is 1. The molecule has 0 bridgehead atoms. The Bertz CT molecular complexity index is 246. The van der Waals surface area contributed by atoms with Crippen molar-refractivity contribution in [3.8, 4) is 0 Å². The zero-order valence-corrected chi connectivity index (χ0v) is 10.2. The molecule has 0 spiro atoms. The molecule has 1 rings (SSSR count). The van der Waals surface area contributed by atoms with E-state index in [1.165, 1.54) is 6.08 Å². The fourth-order valence-corrected chi connectivity index (χ4v) is 1.80. The molecule has 3 nitrogen and oxygen atoms in total. The molecule has 0 aromatic carbocycles. The Morgan fingerprint density at radius 3 is 2.69 bits per heavy atom. The lowest BCUT2D eigenvalue weighted by molar-refractivity contribution is -0.138. The van der Waals surface area contributed by atoms with Gasteiger partial charge in [-0.15, -0.1) is 0 Å². The second-order valence-electron chi connectivity index (χ2n) is 4.69. The number of unbranched alkanes of at least 4 members (excludes halogenated alkanes) is 2. The van der Waals surface area contributed by atoms with Crippen LogP contribution in [0.15, 0.2) is 12.2 Å². The van der Waals surface area contributed by atoms with Crippen molar-refractivity contribution < 1.29 is 14.6 Å². The van der Waals surface area contributed by atoms with Crippen LogP contribution < -0.4 is 0 Å². The molecule has 1 N–H and O–H groups in total. The van der Waals surface area contributed by atoms with Crippen molar-refractivity contribution >= 4 is 5.97 Å². The molecule has 0 saturated carbocycles. The van der Waals surface area contributed by atoms with E-state index in [0.717, 1.165) is 32.1 Å². The number of cyclic esters (lactones) is 1. The van der Waals surface area contributed by atoms with Gasteiger partial charge >= 0.3 is 5.97 Å². The van der Waals surface area contributed by atoms with Gasteiger partial charge in [0.2, 0.25) is 0 Å². The molecule has 1 aliphatic heterocycles. The number of rotatable bonds is 7. The van der Waals surface area contributed by atoms with Crippen molar-refractivity contribution in [2.75, 3.05) is 0 Å². The summed E-state index contributed by atoms with van der Waals surface area (Å²) in [5, 5.41) is 9.31. The Balaban J connectivity index is 1.96. The molecular formula is C13H22O3. The molecule has 0 aromatic heterocycles. The summed E-state index contributed by atoms with van der Waals surface area (Å²) in [4.78, 5) is 10.8. The lowest BCUT2D eigenvalue weighted by atomic mass is 9.98. The van der Waals surface area contributed by atoms with E-state index in [1.807, 2.05) is 13.0 Å². The summed E-state index contributed by atoms with van der Waals surface area (Å²) in [5.41, 5.74) is 0. The molecule has 3 heteroatoms. The first kappa shape index (κ1) is 13.2. The van der Waals surface area contributed by atoms with Gasteiger partial charge in [-0.05, 0) is 38.2 Å². The Labute approximate surface area is 97.5 Å². The smallest absolute Gasteiger partial charge is 0.331 e. The average molecular weight is 226 g/mol. The van der Waals surface area contributed by atoms with Crippen LogP contribution in [0.3, 0.4) is 0 Å². The van der Waals surface area contributed by atoms with E-state index < -0.39 is 0 Å². The third kappa shape index (κ3) is 4.79. The molecular weight excluding hydrogens is 204 g/mol. The SMILES string of the molecule is C[C@H](O)[C@@H](C)CCCCC[C@H]1C=CC(=O)O1. The molecule has 92 valence electrons. The average Bonchev–Trinajstić information content (AvgIpc) is 2.63. The summed E-state index contributed by atoms with van der Waals surface area (Å²) in [5.74, 6) is 0.164. The molecule has 0 fully saturated rings. The fourth-order valence-electron chi connectivity index (χ4n) is 1.80. The predicted octanol–water partition coefficient (Wildman–Crippen LogP) is 2.44. The van der Waals surface area contributed by atoms with Gasteiger partial charge in [0.15, 0.2) is 0 Å². The van der Waals surface area contributed by atoms with E-state index in [2.05, 4.69) is 6.92 Å². The van der Waals surface area contributed by atoms with Crippen LogP contribution in [0.1, 0.15) is 46.0 Å². The molecule has 0 saturated heterocycles. The van der Waals surface area contributed by atoms with Crippen LogP contribution in [0.25, 0.3) is 0 Å². The zero-order chi connectivity index (χ0) is 12.0. The van der Waals surface area contributed by atoms with E-state index in [0.29, 0.717) is 5.92 Å². The van der Waals surface area contributed by atoms with E-state index in [1.54, 1.807) is 0 Å². The monoisotopic (exact) mass is 226 g/mol. The van der Waals surface area contributed by atoms with E-state index in [4.69, 9.17) is 4.74 Å². The number of hydrogen-bond acceptors (Lipinski definition) is 3. The molecule has 0 amide bonds. The van der Waals surface area contributed by atoms with Crippen LogP contribution in [0.5, 0.6) is 0 Å². The maximum atomic E-state index is 10.8. The Kier molecular flexibility index (Phi) is 5.53. The van der Waals surface area contributed by atoms with Gasteiger partial charge < -0.3 is 9.84 Å². The lowest BCUT2D eigenvalue weighted by Gasteiger charge is -2.14. The molecule has 16 heavy (non-hydrogen) atoms. The first-order chi connectivity index (χ1) is 7.59. The second kappa shape index (κ2) is 6.69. The van der Waals surface area contributed by atoms with Crippen LogP contribution in [-0.2, 0) is 9.53 Å². The summed E-state index contributed by atoms with van der Waals surface area (Å²) in [6.07, 6.45) is 8.47. The molecule has 0 aromatic rings. The minimum Gasteiger partial charge on any atom is -0.455 e. The van der Waals surface area contributed by atoms with Crippen LogP contribution >= 0.6 is 0 Å². The molecule has 3 atom stereocenters. The number of carbonyl (C=O) groups is 1. The standard InChI is InChI=1S/C13H22O3/c1-10(11(2)14)6-4-3-5-7-12-8-9-13(15)16-12/h8-12,14H,3-7H2,1-2H3/t10-,11-,12-/m0/s1. The van der Waals surface area contributed by atoms with Crippen LogP contribution in [0.2, 0.25) is 0 Å². The highest BCUT2D eigenvalue weighted by Crippen LogP contribution is 2.17. The Morgan fingerprint density at radius 2 is 2.12 bits per heavy atom. The number of esters is 1. The summed E-state index contributed by atoms with van der Waals surface area (Å²) >= 11 is 0. The predicted molar refractivity (Wildman–Crippen MR) is 62.9 cm³/mol. The summed E-state index contributed by atoms with van der Waals surface area (Å²) in [6, 6.07) is 0. The Morgan fingerprint density at radius 1 is 1.38 bits per heavy atom.